The molecule has 7 heteroatoms. The Labute approximate surface area is 125 Å². The first-order chi connectivity index (χ1) is 9.26. The van der Waals surface area contributed by atoms with E-state index < -0.39 is 9.84 Å². The molecular weight excluding hydrogens is 302 g/mol. The van der Waals surface area contributed by atoms with E-state index in [0.717, 1.165) is 5.56 Å². The van der Waals surface area contributed by atoms with Crippen LogP contribution in [0.15, 0.2) is 12.1 Å². The van der Waals surface area contributed by atoms with E-state index in [4.69, 9.17) is 21.1 Å². The van der Waals surface area contributed by atoms with Crippen LogP contribution in [0, 0.1) is 0 Å². The molecule has 1 unspecified atom stereocenters. The highest BCUT2D eigenvalue weighted by molar-refractivity contribution is 7.90. The highest BCUT2D eigenvalue weighted by Gasteiger charge is 2.13. The average molecular weight is 322 g/mol. The van der Waals surface area contributed by atoms with Crippen LogP contribution in [-0.2, 0) is 16.4 Å². The van der Waals surface area contributed by atoms with Crippen LogP contribution in [0.1, 0.15) is 12.5 Å². The summed E-state index contributed by atoms with van der Waals surface area (Å²) in [5, 5.41) is 3.60. The maximum absolute atomic E-state index is 11.2. The molecule has 0 saturated heterocycles. The topological polar surface area (TPSA) is 64.6 Å². The minimum atomic E-state index is -2.99. The van der Waals surface area contributed by atoms with Crippen LogP contribution in [0.25, 0.3) is 0 Å². The molecule has 114 valence electrons. The van der Waals surface area contributed by atoms with Gasteiger partial charge in [0.1, 0.15) is 9.84 Å². The number of hydrogen-bond acceptors (Lipinski definition) is 5. The number of sulfone groups is 1. The van der Waals surface area contributed by atoms with Gasteiger partial charge in [-0.05, 0) is 24.6 Å². The summed E-state index contributed by atoms with van der Waals surface area (Å²) in [4.78, 5) is 0. The predicted molar refractivity (Wildman–Crippen MR) is 80.6 cm³/mol. The maximum Gasteiger partial charge on any atom is 0.179 e. The fourth-order valence-corrected chi connectivity index (χ4v) is 3.22. The molecular formula is C13H20ClNO4S. The molecule has 1 aromatic rings. The highest BCUT2D eigenvalue weighted by atomic mass is 35.5. The van der Waals surface area contributed by atoms with Crippen molar-refractivity contribution in [2.75, 3.05) is 26.2 Å². The number of ether oxygens (including phenoxy) is 2. The van der Waals surface area contributed by atoms with Crippen LogP contribution in [0.4, 0.5) is 0 Å². The summed E-state index contributed by atoms with van der Waals surface area (Å²) < 4.78 is 32.8. The molecule has 20 heavy (non-hydrogen) atoms. The molecule has 0 radical (unpaired) electrons. The second-order valence-corrected chi connectivity index (χ2v) is 7.28. The predicted octanol–water partition coefficient (Wildman–Crippen LogP) is 1.88. The lowest BCUT2D eigenvalue weighted by molar-refractivity contribution is 0.354. The minimum absolute atomic E-state index is 0.0913. The molecule has 0 aromatic heterocycles. The Morgan fingerprint density at radius 2 is 1.95 bits per heavy atom. The minimum Gasteiger partial charge on any atom is -0.493 e. The van der Waals surface area contributed by atoms with Crippen molar-refractivity contribution >= 4 is 21.4 Å². The third kappa shape index (κ3) is 5.19. The molecule has 0 spiro atoms. The molecule has 5 nitrogen and oxygen atoms in total. The molecule has 0 aliphatic rings. The number of benzene rings is 1. The van der Waals surface area contributed by atoms with Gasteiger partial charge in [0.2, 0.25) is 0 Å². The number of methoxy groups -OCH3 is 2. The van der Waals surface area contributed by atoms with Gasteiger partial charge in [0.05, 0.1) is 25.0 Å². The Morgan fingerprint density at radius 1 is 1.30 bits per heavy atom. The Hall–Kier alpha value is -0.980. The van der Waals surface area contributed by atoms with Crippen molar-refractivity contribution in [3.63, 3.8) is 0 Å². The first-order valence-electron chi connectivity index (χ1n) is 6.08. The van der Waals surface area contributed by atoms with E-state index in [9.17, 15) is 8.42 Å². The number of nitrogens with one attached hydrogen (secondary N) is 1. The van der Waals surface area contributed by atoms with Gasteiger partial charge in [0.25, 0.3) is 0 Å². The van der Waals surface area contributed by atoms with Gasteiger partial charge in [-0.2, -0.15) is 0 Å². The summed E-state index contributed by atoms with van der Waals surface area (Å²) in [7, 11) is 0.0703. The number of halogens is 1. The molecule has 0 saturated carbocycles. The van der Waals surface area contributed by atoms with Gasteiger partial charge < -0.3 is 14.8 Å². The van der Waals surface area contributed by atoms with Gasteiger partial charge in [-0.1, -0.05) is 11.6 Å². The lowest BCUT2D eigenvalue weighted by Crippen LogP contribution is -2.32. The molecule has 1 atom stereocenters. The standard InChI is InChI=1S/C13H20ClNO4S/c1-9(8-20(4,16)17)15-7-10-5-11(14)13(19-3)12(6-10)18-2/h5-6,9,15H,7-8H2,1-4H3. The van der Waals surface area contributed by atoms with Crippen molar-refractivity contribution in [2.24, 2.45) is 0 Å². The van der Waals surface area contributed by atoms with Crippen LogP contribution in [0.3, 0.4) is 0 Å². The summed E-state index contributed by atoms with van der Waals surface area (Å²) in [5.41, 5.74) is 0.896. The molecule has 1 N–H and O–H groups in total. The van der Waals surface area contributed by atoms with Gasteiger partial charge in [0.15, 0.2) is 11.5 Å². The van der Waals surface area contributed by atoms with Crippen LogP contribution >= 0.6 is 11.6 Å². The third-order valence-electron chi connectivity index (χ3n) is 2.70. The molecule has 0 heterocycles. The van der Waals surface area contributed by atoms with E-state index in [1.54, 1.807) is 6.07 Å². The summed E-state index contributed by atoms with van der Waals surface area (Å²) in [5.74, 6) is 1.13. The van der Waals surface area contributed by atoms with E-state index in [0.29, 0.717) is 23.1 Å². The molecule has 0 bridgehead atoms. The molecule has 0 amide bonds. The van der Waals surface area contributed by atoms with Crippen LogP contribution < -0.4 is 14.8 Å². The quantitative estimate of drug-likeness (QED) is 0.830. The van der Waals surface area contributed by atoms with Gasteiger partial charge in [-0.3, -0.25) is 0 Å². The highest BCUT2D eigenvalue weighted by Crippen LogP contribution is 2.35. The Kier molecular flexibility index (Phi) is 6.10. The smallest absolute Gasteiger partial charge is 0.179 e. The summed E-state index contributed by atoms with van der Waals surface area (Å²) in [6.45, 7) is 2.32. The first-order valence-corrected chi connectivity index (χ1v) is 8.52. The molecule has 1 aromatic carbocycles. The fraction of sp³-hybridized carbons (Fsp3) is 0.538. The van der Waals surface area contributed by atoms with Crippen LogP contribution in [-0.4, -0.2) is 40.7 Å². The van der Waals surface area contributed by atoms with Crippen molar-refractivity contribution in [3.05, 3.63) is 22.7 Å². The van der Waals surface area contributed by atoms with Gasteiger partial charge in [-0.15, -0.1) is 0 Å². The van der Waals surface area contributed by atoms with Crippen molar-refractivity contribution in [2.45, 2.75) is 19.5 Å². The Bertz CT molecular complexity index is 560. The zero-order valence-corrected chi connectivity index (χ0v) is 13.6. The third-order valence-corrected chi connectivity index (χ3v) is 4.09. The van der Waals surface area contributed by atoms with Crippen molar-refractivity contribution in [3.8, 4) is 11.5 Å². The van der Waals surface area contributed by atoms with E-state index in [1.165, 1.54) is 20.5 Å². The average Bonchev–Trinajstić information content (AvgIpc) is 2.33. The summed E-state index contributed by atoms with van der Waals surface area (Å²) in [6, 6.07) is 3.44. The second-order valence-electron chi connectivity index (χ2n) is 4.69. The SMILES string of the molecule is COc1cc(CNC(C)CS(C)(=O)=O)cc(Cl)c1OC. The molecule has 0 aliphatic carbocycles. The number of rotatable bonds is 7. The number of hydrogen-bond donors (Lipinski definition) is 1. The van der Waals surface area contributed by atoms with Crippen molar-refractivity contribution in [1.82, 2.24) is 5.32 Å². The Balaban J connectivity index is 2.76. The first kappa shape index (κ1) is 17.1. The van der Waals surface area contributed by atoms with E-state index in [1.807, 2.05) is 13.0 Å². The zero-order chi connectivity index (χ0) is 15.3. The lowest BCUT2D eigenvalue weighted by atomic mass is 10.2. The van der Waals surface area contributed by atoms with Gasteiger partial charge in [0, 0.05) is 18.8 Å². The fourth-order valence-electron chi connectivity index (χ4n) is 1.88. The van der Waals surface area contributed by atoms with E-state index in [2.05, 4.69) is 5.32 Å². The normalized spacial score (nSPS) is 13.1. The van der Waals surface area contributed by atoms with Gasteiger partial charge in [-0.25, -0.2) is 8.42 Å². The van der Waals surface area contributed by atoms with Gasteiger partial charge >= 0.3 is 0 Å². The largest absolute Gasteiger partial charge is 0.493 e. The zero-order valence-electron chi connectivity index (χ0n) is 12.1. The van der Waals surface area contributed by atoms with Crippen LogP contribution in [0.2, 0.25) is 5.02 Å². The lowest BCUT2D eigenvalue weighted by Gasteiger charge is -2.15. The Morgan fingerprint density at radius 3 is 2.45 bits per heavy atom. The van der Waals surface area contributed by atoms with E-state index >= 15 is 0 Å². The molecule has 0 aliphatic heterocycles. The van der Waals surface area contributed by atoms with Crippen molar-refractivity contribution < 1.29 is 17.9 Å². The van der Waals surface area contributed by atoms with Crippen molar-refractivity contribution in [1.29, 1.82) is 0 Å². The van der Waals surface area contributed by atoms with E-state index in [-0.39, 0.29) is 11.8 Å². The summed E-state index contributed by atoms with van der Waals surface area (Å²) >= 11 is 6.11. The maximum atomic E-state index is 11.2. The molecule has 1 rings (SSSR count). The monoisotopic (exact) mass is 321 g/mol. The van der Waals surface area contributed by atoms with Crippen LogP contribution in [0.5, 0.6) is 11.5 Å². The summed E-state index contributed by atoms with van der Waals surface area (Å²) in [6.07, 6.45) is 1.22. The molecule has 0 fully saturated rings. The second kappa shape index (κ2) is 7.15.